The van der Waals surface area contributed by atoms with Gasteiger partial charge in [0.2, 0.25) is 11.8 Å². The van der Waals surface area contributed by atoms with E-state index in [2.05, 4.69) is 40.8 Å². The molecule has 0 aliphatic carbocycles. The number of nitrogens with one attached hydrogen (secondary N) is 1. The molecular formula is C16H19N9O. The molecule has 0 radical (unpaired) electrons. The van der Waals surface area contributed by atoms with Crippen LogP contribution in [0.3, 0.4) is 0 Å². The number of hydrogen-bond donors (Lipinski definition) is 2. The van der Waals surface area contributed by atoms with Crippen molar-refractivity contribution in [3.8, 4) is 28.4 Å². The molecule has 10 nitrogen and oxygen atoms in total. The van der Waals surface area contributed by atoms with Crippen molar-refractivity contribution in [1.82, 2.24) is 40.7 Å². The molecule has 0 spiro atoms. The maximum atomic E-state index is 10.4. The van der Waals surface area contributed by atoms with E-state index in [9.17, 15) is 5.11 Å². The van der Waals surface area contributed by atoms with Crippen LogP contribution in [0.25, 0.3) is 22.6 Å². The number of phenols is 1. The van der Waals surface area contributed by atoms with Gasteiger partial charge in [-0.3, -0.25) is 0 Å². The molecule has 1 aromatic carbocycles. The molecule has 1 unspecified atom stereocenters. The minimum absolute atomic E-state index is 0.0650. The van der Waals surface area contributed by atoms with E-state index in [0.717, 1.165) is 19.5 Å². The van der Waals surface area contributed by atoms with Crippen molar-refractivity contribution in [2.45, 2.75) is 12.5 Å². The molecule has 3 aromatic rings. The van der Waals surface area contributed by atoms with E-state index in [0.29, 0.717) is 34.6 Å². The molecule has 0 bridgehead atoms. The highest BCUT2D eigenvalue weighted by atomic mass is 16.3. The number of likely N-dealkylation sites (N-methyl/N-ethyl adjacent to an activating group) is 1. The van der Waals surface area contributed by atoms with E-state index in [1.54, 1.807) is 31.4 Å². The Labute approximate surface area is 149 Å². The van der Waals surface area contributed by atoms with Gasteiger partial charge in [-0.15, -0.1) is 20.4 Å². The number of aryl methyl sites for hydroxylation is 1. The predicted octanol–water partition coefficient (Wildman–Crippen LogP) is 0.233. The van der Waals surface area contributed by atoms with E-state index >= 15 is 0 Å². The molecule has 0 amide bonds. The summed E-state index contributed by atoms with van der Waals surface area (Å²) in [5, 5.41) is 33.9. The second-order valence-electron chi connectivity index (χ2n) is 6.20. The predicted molar refractivity (Wildman–Crippen MR) is 94.4 cm³/mol. The minimum atomic E-state index is 0.0650. The van der Waals surface area contributed by atoms with Crippen LogP contribution in [0, 0.1) is 0 Å². The first-order valence-electron chi connectivity index (χ1n) is 8.33. The second-order valence-corrected chi connectivity index (χ2v) is 6.20. The van der Waals surface area contributed by atoms with Crippen molar-refractivity contribution < 1.29 is 5.11 Å². The highest BCUT2D eigenvalue weighted by molar-refractivity contribution is 5.71. The maximum Gasteiger partial charge on any atom is 0.245 e. The first-order chi connectivity index (χ1) is 12.6. The lowest BCUT2D eigenvalue weighted by molar-refractivity contribution is 0.477. The third-order valence-corrected chi connectivity index (χ3v) is 4.47. The van der Waals surface area contributed by atoms with Gasteiger partial charge < -0.3 is 15.3 Å². The summed E-state index contributed by atoms with van der Waals surface area (Å²) in [5.41, 5.74) is 1.74. The molecule has 1 aliphatic heterocycles. The second kappa shape index (κ2) is 6.64. The smallest absolute Gasteiger partial charge is 0.245 e. The van der Waals surface area contributed by atoms with E-state index in [1.807, 2.05) is 7.05 Å². The Morgan fingerprint density at radius 1 is 1.23 bits per heavy atom. The van der Waals surface area contributed by atoms with Gasteiger partial charge in [0.15, 0.2) is 0 Å². The molecule has 1 aliphatic rings. The number of benzene rings is 1. The first kappa shape index (κ1) is 16.3. The summed E-state index contributed by atoms with van der Waals surface area (Å²) in [4.78, 5) is 7.87. The number of aromatic hydroxyl groups is 1. The quantitative estimate of drug-likeness (QED) is 0.679. The third kappa shape index (κ3) is 3.06. The molecule has 26 heavy (non-hydrogen) atoms. The lowest BCUT2D eigenvalue weighted by Gasteiger charge is -2.15. The summed E-state index contributed by atoms with van der Waals surface area (Å²) in [6.45, 7) is 1.76. The van der Waals surface area contributed by atoms with Crippen LogP contribution in [-0.4, -0.2) is 66.7 Å². The Hall–Kier alpha value is -3.14. The van der Waals surface area contributed by atoms with E-state index in [1.165, 1.54) is 4.80 Å². The van der Waals surface area contributed by atoms with Gasteiger partial charge in [-0.1, -0.05) is 6.07 Å². The van der Waals surface area contributed by atoms with E-state index in [4.69, 9.17) is 0 Å². The summed E-state index contributed by atoms with van der Waals surface area (Å²) in [5.74, 6) is 1.11. The monoisotopic (exact) mass is 353 g/mol. The highest BCUT2D eigenvalue weighted by Gasteiger charge is 2.23. The van der Waals surface area contributed by atoms with Crippen LogP contribution in [0.15, 0.2) is 24.4 Å². The summed E-state index contributed by atoms with van der Waals surface area (Å²) < 4.78 is 0. The van der Waals surface area contributed by atoms with Crippen molar-refractivity contribution in [2.75, 3.05) is 25.0 Å². The maximum absolute atomic E-state index is 10.4. The number of rotatable bonds is 4. The van der Waals surface area contributed by atoms with Crippen LogP contribution in [-0.2, 0) is 7.05 Å². The van der Waals surface area contributed by atoms with Crippen molar-refractivity contribution >= 4 is 5.95 Å². The molecule has 1 atom stereocenters. The van der Waals surface area contributed by atoms with Gasteiger partial charge in [-0.2, -0.15) is 4.80 Å². The average molecular weight is 353 g/mol. The van der Waals surface area contributed by atoms with Gasteiger partial charge in [-0.05, 0) is 30.8 Å². The highest BCUT2D eigenvalue weighted by Crippen LogP contribution is 2.31. The van der Waals surface area contributed by atoms with Crippen LogP contribution in [0.2, 0.25) is 0 Å². The van der Waals surface area contributed by atoms with Crippen molar-refractivity contribution in [3.05, 3.63) is 24.4 Å². The van der Waals surface area contributed by atoms with E-state index < -0.39 is 0 Å². The number of tetrazole rings is 1. The Kier molecular flexibility index (Phi) is 4.17. The molecule has 3 heterocycles. The third-order valence-electron chi connectivity index (χ3n) is 4.47. The van der Waals surface area contributed by atoms with Crippen LogP contribution >= 0.6 is 0 Å². The zero-order chi connectivity index (χ0) is 18.1. The molecule has 2 N–H and O–H groups in total. The molecule has 10 heteroatoms. The summed E-state index contributed by atoms with van der Waals surface area (Å²) in [6, 6.07) is 5.59. The lowest BCUT2D eigenvalue weighted by Crippen LogP contribution is -2.30. The van der Waals surface area contributed by atoms with Gasteiger partial charge in [0.05, 0.1) is 13.2 Å². The number of hydrogen-bond acceptors (Lipinski definition) is 9. The minimum Gasteiger partial charge on any atom is -0.507 e. The van der Waals surface area contributed by atoms with Crippen LogP contribution in [0.4, 0.5) is 5.95 Å². The summed E-state index contributed by atoms with van der Waals surface area (Å²) in [7, 11) is 3.64. The Balaban J connectivity index is 1.56. The molecule has 134 valence electrons. The lowest BCUT2D eigenvalue weighted by atomic mass is 10.1. The van der Waals surface area contributed by atoms with Gasteiger partial charge >= 0.3 is 0 Å². The Morgan fingerprint density at radius 2 is 2.12 bits per heavy atom. The van der Waals surface area contributed by atoms with Crippen molar-refractivity contribution in [1.29, 1.82) is 0 Å². The Morgan fingerprint density at radius 3 is 2.73 bits per heavy atom. The average Bonchev–Trinajstić information content (AvgIpc) is 3.31. The SMILES string of the molecule is CNC1CCN(c2ncc(-c3ccc(-c4nnn(C)n4)cc3O)nn2)C1. The number of anilines is 1. The number of nitrogens with zero attached hydrogens (tertiary/aromatic N) is 8. The first-order valence-corrected chi connectivity index (χ1v) is 8.33. The zero-order valence-corrected chi connectivity index (χ0v) is 14.5. The van der Waals surface area contributed by atoms with Crippen LogP contribution < -0.4 is 10.2 Å². The number of phenolic OH excluding ortho intramolecular Hbond substituents is 1. The number of aromatic nitrogens is 7. The molecular weight excluding hydrogens is 334 g/mol. The standard InChI is InChI=1S/C16H19N9O/c1-17-11-5-6-25(9-11)16-18-8-13(19-21-16)12-4-3-10(7-14(12)26)15-20-23-24(2)22-15/h3-4,7-8,11,17,26H,5-6,9H2,1-2H3. The topological polar surface area (TPSA) is 118 Å². The fourth-order valence-electron chi connectivity index (χ4n) is 3.00. The van der Waals surface area contributed by atoms with E-state index in [-0.39, 0.29) is 5.75 Å². The van der Waals surface area contributed by atoms with Crippen LogP contribution in [0.5, 0.6) is 5.75 Å². The molecule has 1 fully saturated rings. The molecule has 0 saturated carbocycles. The molecule has 1 saturated heterocycles. The fourth-order valence-corrected chi connectivity index (χ4v) is 3.00. The van der Waals surface area contributed by atoms with Crippen LogP contribution in [0.1, 0.15) is 6.42 Å². The summed E-state index contributed by atoms with van der Waals surface area (Å²) >= 11 is 0. The largest absolute Gasteiger partial charge is 0.507 e. The van der Waals surface area contributed by atoms with Crippen molar-refractivity contribution in [3.63, 3.8) is 0 Å². The van der Waals surface area contributed by atoms with Gasteiger partial charge in [0, 0.05) is 30.3 Å². The van der Waals surface area contributed by atoms with Gasteiger partial charge in [-0.25, -0.2) is 4.98 Å². The Bertz CT molecular complexity index is 908. The fraction of sp³-hybridized carbons (Fsp3) is 0.375. The van der Waals surface area contributed by atoms with Crippen molar-refractivity contribution in [2.24, 2.45) is 7.05 Å². The van der Waals surface area contributed by atoms with Gasteiger partial charge in [0.25, 0.3) is 0 Å². The molecule has 2 aromatic heterocycles. The summed E-state index contributed by atoms with van der Waals surface area (Å²) in [6.07, 6.45) is 2.69. The normalized spacial score (nSPS) is 17.0. The van der Waals surface area contributed by atoms with Gasteiger partial charge in [0.1, 0.15) is 11.4 Å². The molecule has 4 rings (SSSR count). The zero-order valence-electron chi connectivity index (χ0n) is 14.5.